The highest BCUT2D eigenvalue weighted by molar-refractivity contribution is 6.08. The topological polar surface area (TPSA) is 48.6 Å². The summed E-state index contributed by atoms with van der Waals surface area (Å²) >= 11 is 0. The van der Waals surface area contributed by atoms with Gasteiger partial charge in [-0.3, -0.25) is 4.79 Å². The highest BCUT2D eigenvalue weighted by Gasteiger charge is 2.12. The lowest BCUT2D eigenvalue weighted by Gasteiger charge is -2.00. The quantitative estimate of drug-likeness (QED) is 0.535. The number of aryl methyl sites for hydroxylation is 1. The number of carbonyl (C=O) groups excluding carboxylic acids is 1. The first-order valence-electron chi connectivity index (χ1n) is 7.47. The first kappa shape index (κ1) is 12.9. The van der Waals surface area contributed by atoms with Gasteiger partial charge in [-0.25, -0.2) is 0 Å². The maximum absolute atomic E-state index is 12.5. The Morgan fingerprint density at radius 1 is 0.818 bits per heavy atom. The summed E-state index contributed by atoms with van der Waals surface area (Å²) in [6.45, 7) is 0. The Hall–Kier alpha value is -2.81. The smallest absolute Gasteiger partial charge is 0.165 e. The molecule has 0 aliphatic rings. The number of para-hydroxylation sites is 2. The molecule has 4 aromatic rings. The van der Waals surface area contributed by atoms with E-state index in [2.05, 4.69) is 22.1 Å². The average molecular weight is 288 g/mol. The molecule has 0 bridgehead atoms. The molecule has 2 heterocycles. The Balaban J connectivity index is 1.57. The zero-order valence-corrected chi connectivity index (χ0v) is 12.1. The molecule has 2 aromatic heterocycles. The van der Waals surface area contributed by atoms with Gasteiger partial charge in [-0.15, -0.1) is 0 Å². The number of hydrogen-bond acceptors (Lipinski definition) is 1. The fourth-order valence-electron chi connectivity index (χ4n) is 3.02. The van der Waals surface area contributed by atoms with Gasteiger partial charge in [0.15, 0.2) is 5.78 Å². The summed E-state index contributed by atoms with van der Waals surface area (Å²) in [6, 6.07) is 16.1. The lowest BCUT2D eigenvalue weighted by molar-refractivity contribution is 0.0984. The molecular formula is C19H16N2O. The van der Waals surface area contributed by atoms with Crippen molar-refractivity contribution >= 4 is 27.6 Å². The lowest BCUT2D eigenvalue weighted by Crippen LogP contribution is -2.00. The second-order valence-corrected chi connectivity index (χ2v) is 5.53. The molecule has 3 heteroatoms. The van der Waals surface area contributed by atoms with Crippen LogP contribution in [0.5, 0.6) is 0 Å². The van der Waals surface area contributed by atoms with Crippen LogP contribution in [-0.4, -0.2) is 15.8 Å². The molecule has 3 nitrogen and oxygen atoms in total. The molecule has 0 saturated carbocycles. The van der Waals surface area contributed by atoms with Crippen molar-refractivity contribution in [2.45, 2.75) is 12.8 Å². The van der Waals surface area contributed by atoms with Crippen molar-refractivity contribution in [1.82, 2.24) is 9.97 Å². The van der Waals surface area contributed by atoms with E-state index >= 15 is 0 Å². The molecule has 4 rings (SSSR count). The first-order valence-corrected chi connectivity index (χ1v) is 7.47. The number of aromatic amines is 2. The van der Waals surface area contributed by atoms with Gasteiger partial charge in [-0.05, 0) is 24.1 Å². The molecular weight excluding hydrogens is 272 g/mol. The highest BCUT2D eigenvalue weighted by Crippen LogP contribution is 2.22. The summed E-state index contributed by atoms with van der Waals surface area (Å²) in [4.78, 5) is 18.9. The largest absolute Gasteiger partial charge is 0.361 e. The first-order chi connectivity index (χ1) is 10.8. The van der Waals surface area contributed by atoms with Crippen molar-refractivity contribution < 1.29 is 4.79 Å². The second kappa shape index (κ2) is 5.19. The van der Waals surface area contributed by atoms with Crippen LogP contribution in [0.2, 0.25) is 0 Å². The fraction of sp³-hybridized carbons (Fsp3) is 0.105. The molecule has 0 atom stereocenters. The van der Waals surface area contributed by atoms with Crippen LogP contribution in [0.4, 0.5) is 0 Å². The summed E-state index contributed by atoms with van der Waals surface area (Å²) in [5.74, 6) is 0.183. The van der Waals surface area contributed by atoms with Crippen molar-refractivity contribution in [3.63, 3.8) is 0 Å². The van der Waals surface area contributed by atoms with Gasteiger partial charge in [0.05, 0.1) is 0 Å². The van der Waals surface area contributed by atoms with Gasteiger partial charge >= 0.3 is 0 Å². The third kappa shape index (κ3) is 2.11. The summed E-state index contributed by atoms with van der Waals surface area (Å²) in [6.07, 6.45) is 5.10. The summed E-state index contributed by atoms with van der Waals surface area (Å²) in [7, 11) is 0. The predicted octanol–water partition coefficient (Wildman–Crippen LogP) is 4.46. The molecule has 0 radical (unpaired) electrons. The lowest BCUT2D eigenvalue weighted by atomic mass is 10.0. The molecule has 2 aromatic carbocycles. The van der Waals surface area contributed by atoms with Crippen LogP contribution in [0, 0.1) is 0 Å². The fourth-order valence-corrected chi connectivity index (χ4v) is 3.02. The zero-order chi connectivity index (χ0) is 14.9. The van der Waals surface area contributed by atoms with E-state index < -0.39 is 0 Å². The number of H-pyrrole nitrogens is 2. The van der Waals surface area contributed by atoms with Crippen molar-refractivity contribution in [2.24, 2.45) is 0 Å². The van der Waals surface area contributed by atoms with Crippen molar-refractivity contribution in [1.29, 1.82) is 0 Å². The Kier molecular flexibility index (Phi) is 3.04. The Morgan fingerprint density at radius 2 is 1.45 bits per heavy atom. The maximum Gasteiger partial charge on any atom is 0.165 e. The maximum atomic E-state index is 12.5. The Morgan fingerprint density at radius 3 is 2.27 bits per heavy atom. The molecule has 0 unspecified atom stereocenters. The molecule has 0 fully saturated rings. The third-order valence-corrected chi connectivity index (χ3v) is 4.19. The van der Waals surface area contributed by atoms with Crippen LogP contribution >= 0.6 is 0 Å². The molecule has 0 saturated heterocycles. The Bertz CT molecular complexity index is 962. The van der Waals surface area contributed by atoms with Gasteiger partial charge in [-0.2, -0.15) is 0 Å². The molecule has 2 N–H and O–H groups in total. The minimum Gasteiger partial charge on any atom is -0.361 e. The average Bonchev–Trinajstić information content (AvgIpc) is 3.17. The van der Waals surface area contributed by atoms with Gasteiger partial charge in [0.2, 0.25) is 0 Å². The van der Waals surface area contributed by atoms with Crippen LogP contribution in [-0.2, 0) is 6.42 Å². The van der Waals surface area contributed by atoms with Gasteiger partial charge in [0.25, 0.3) is 0 Å². The van der Waals surface area contributed by atoms with Crippen LogP contribution in [0.1, 0.15) is 22.3 Å². The third-order valence-electron chi connectivity index (χ3n) is 4.19. The van der Waals surface area contributed by atoms with Crippen LogP contribution in [0.15, 0.2) is 60.9 Å². The SMILES string of the molecule is O=C(CCc1c[nH]c2ccccc12)c1c[nH]c2ccccc12. The molecule has 0 aliphatic carbocycles. The molecule has 0 spiro atoms. The van der Waals surface area contributed by atoms with Gasteiger partial charge in [-0.1, -0.05) is 36.4 Å². The minimum absolute atomic E-state index is 0.183. The highest BCUT2D eigenvalue weighted by atomic mass is 16.1. The van der Waals surface area contributed by atoms with Crippen molar-refractivity contribution in [3.8, 4) is 0 Å². The normalized spacial score (nSPS) is 11.3. The van der Waals surface area contributed by atoms with E-state index in [1.807, 2.05) is 48.8 Å². The van der Waals surface area contributed by atoms with Crippen LogP contribution in [0.3, 0.4) is 0 Å². The van der Waals surface area contributed by atoms with Gasteiger partial charge in [0.1, 0.15) is 0 Å². The van der Waals surface area contributed by atoms with Crippen molar-refractivity contribution in [2.75, 3.05) is 0 Å². The number of fused-ring (bicyclic) bond motifs is 2. The predicted molar refractivity (Wildman–Crippen MR) is 89.2 cm³/mol. The van der Waals surface area contributed by atoms with Crippen LogP contribution < -0.4 is 0 Å². The van der Waals surface area contributed by atoms with E-state index in [1.165, 1.54) is 10.9 Å². The number of rotatable bonds is 4. The monoisotopic (exact) mass is 288 g/mol. The Labute approximate surface area is 128 Å². The summed E-state index contributed by atoms with van der Waals surface area (Å²) in [5, 5.41) is 2.21. The van der Waals surface area contributed by atoms with E-state index in [9.17, 15) is 4.79 Å². The molecule has 0 amide bonds. The van der Waals surface area contributed by atoms with Gasteiger partial charge < -0.3 is 9.97 Å². The summed E-state index contributed by atoms with van der Waals surface area (Å²) < 4.78 is 0. The van der Waals surface area contributed by atoms with E-state index in [0.717, 1.165) is 28.4 Å². The molecule has 22 heavy (non-hydrogen) atoms. The standard InChI is InChI=1S/C19H16N2O/c22-19(16-12-21-18-8-4-2-6-15(16)18)10-9-13-11-20-17-7-3-1-5-14(13)17/h1-8,11-12,20-21H,9-10H2. The second-order valence-electron chi connectivity index (χ2n) is 5.53. The summed E-state index contributed by atoms with van der Waals surface area (Å²) in [5.41, 5.74) is 4.12. The number of benzene rings is 2. The van der Waals surface area contributed by atoms with Crippen LogP contribution in [0.25, 0.3) is 21.8 Å². The number of aromatic nitrogens is 2. The minimum atomic E-state index is 0.183. The van der Waals surface area contributed by atoms with E-state index in [1.54, 1.807) is 0 Å². The van der Waals surface area contributed by atoms with Crippen molar-refractivity contribution in [3.05, 3.63) is 72.1 Å². The van der Waals surface area contributed by atoms with E-state index in [4.69, 9.17) is 0 Å². The number of carbonyl (C=O) groups is 1. The van der Waals surface area contributed by atoms with E-state index in [-0.39, 0.29) is 5.78 Å². The zero-order valence-electron chi connectivity index (χ0n) is 12.1. The number of Topliss-reactive ketones (excluding diaryl/α,β-unsaturated/α-hetero) is 1. The van der Waals surface area contributed by atoms with Gasteiger partial charge in [0, 0.05) is 46.2 Å². The molecule has 0 aliphatic heterocycles. The number of nitrogens with one attached hydrogen (secondary N) is 2. The van der Waals surface area contributed by atoms with E-state index in [0.29, 0.717) is 6.42 Å². The number of ketones is 1. The molecule has 108 valence electrons. The number of hydrogen-bond donors (Lipinski definition) is 2.